The highest BCUT2D eigenvalue weighted by Gasteiger charge is 2.16. The molecule has 4 rings (SSSR count). The molecule has 0 saturated heterocycles. The average Bonchev–Trinajstić information content (AvgIpc) is 3.25. The molecule has 28 heavy (non-hydrogen) atoms. The Labute approximate surface area is 162 Å². The molecule has 1 unspecified atom stereocenters. The number of nitrogens with one attached hydrogen (secondary N) is 1. The maximum atomic E-state index is 15.0. The van der Waals surface area contributed by atoms with E-state index in [9.17, 15) is 14.0 Å². The third-order valence-electron chi connectivity index (χ3n) is 4.63. The Kier molecular flexibility index (Phi) is 4.45. The zero-order chi connectivity index (χ0) is 19.8. The monoisotopic (exact) mass is 395 g/mol. The van der Waals surface area contributed by atoms with E-state index in [0.29, 0.717) is 27.8 Å². The maximum Gasteiger partial charge on any atom is 0.419 e. The number of carbonyl (C=O) groups excluding carboxylic acids is 1. The van der Waals surface area contributed by atoms with Crippen LogP contribution >= 0.6 is 11.3 Å². The fourth-order valence-electron chi connectivity index (χ4n) is 3.13. The van der Waals surface area contributed by atoms with Crippen molar-refractivity contribution in [3.63, 3.8) is 0 Å². The molecule has 0 radical (unpaired) electrons. The largest absolute Gasteiger partial charge is 0.419 e. The molecule has 0 saturated carbocycles. The number of amides is 1. The van der Waals surface area contributed by atoms with Gasteiger partial charge in [0, 0.05) is 18.3 Å². The lowest BCUT2D eigenvalue weighted by Gasteiger charge is -2.08. The van der Waals surface area contributed by atoms with Crippen LogP contribution in [0.4, 0.5) is 4.39 Å². The first kappa shape index (κ1) is 17.9. The Balaban J connectivity index is 1.77. The molecule has 6 nitrogen and oxygen atoms in total. The molecule has 140 valence electrons. The van der Waals surface area contributed by atoms with Gasteiger partial charge < -0.3 is 9.73 Å². The molecule has 2 heterocycles. The molecule has 0 aliphatic carbocycles. The van der Waals surface area contributed by atoms with E-state index in [4.69, 9.17) is 9.68 Å². The molecule has 0 fully saturated rings. The van der Waals surface area contributed by atoms with Crippen molar-refractivity contribution in [3.05, 3.63) is 58.3 Å². The molecule has 1 amide bonds. The summed E-state index contributed by atoms with van der Waals surface area (Å²) >= 11 is 1.29. The van der Waals surface area contributed by atoms with Crippen LogP contribution in [0.1, 0.15) is 5.56 Å². The van der Waals surface area contributed by atoms with E-state index in [2.05, 4.69) is 5.32 Å². The number of hydrogen-bond acceptors (Lipinski definition) is 5. The molecule has 4 aromatic rings. The third kappa shape index (κ3) is 2.96. The Bertz CT molecular complexity index is 1310. The van der Waals surface area contributed by atoms with Gasteiger partial charge in [0.1, 0.15) is 11.9 Å². The van der Waals surface area contributed by atoms with Gasteiger partial charge in [0.15, 0.2) is 5.58 Å². The smallest absolute Gasteiger partial charge is 0.408 e. The third-order valence-corrected chi connectivity index (χ3v) is 5.82. The van der Waals surface area contributed by atoms with Crippen LogP contribution in [0.15, 0.2) is 45.6 Å². The Morgan fingerprint density at radius 2 is 2.18 bits per heavy atom. The zero-order valence-electron chi connectivity index (χ0n) is 14.7. The van der Waals surface area contributed by atoms with Gasteiger partial charge in [-0.15, -0.1) is 11.3 Å². The lowest BCUT2D eigenvalue weighted by Crippen LogP contribution is -2.28. The minimum absolute atomic E-state index is 0.0906. The maximum absolute atomic E-state index is 15.0. The Morgan fingerprint density at radius 1 is 1.36 bits per heavy atom. The van der Waals surface area contributed by atoms with E-state index in [1.807, 2.05) is 24.3 Å². The lowest BCUT2D eigenvalue weighted by molar-refractivity contribution is -0.109. The van der Waals surface area contributed by atoms with Crippen LogP contribution in [0.3, 0.4) is 0 Å². The van der Waals surface area contributed by atoms with E-state index < -0.39 is 17.6 Å². The highest BCUT2D eigenvalue weighted by Crippen LogP contribution is 2.37. The number of aromatic nitrogens is 1. The van der Waals surface area contributed by atoms with Crippen molar-refractivity contribution >= 4 is 38.9 Å². The summed E-state index contributed by atoms with van der Waals surface area (Å²) in [4.78, 5) is 23.1. The fraction of sp³-hybridized carbons (Fsp3) is 0.150. The highest BCUT2D eigenvalue weighted by molar-refractivity contribution is 7.22. The summed E-state index contributed by atoms with van der Waals surface area (Å²) in [5.74, 6) is -0.825. The first-order valence-electron chi connectivity index (χ1n) is 8.42. The summed E-state index contributed by atoms with van der Waals surface area (Å²) in [5, 5.41) is 12.2. The molecule has 8 heteroatoms. The number of carbonyl (C=O) groups is 1. The number of aryl methyl sites for hydroxylation is 1. The normalized spacial score (nSPS) is 12.2. The molecule has 0 aliphatic heterocycles. The minimum atomic E-state index is -0.784. The van der Waals surface area contributed by atoms with Crippen molar-refractivity contribution in [1.29, 1.82) is 5.26 Å². The van der Waals surface area contributed by atoms with Crippen LogP contribution in [0.2, 0.25) is 0 Å². The van der Waals surface area contributed by atoms with Crippen molar-refractivity contribution in [2.24, 2.45) is 7.05 Å². The molecule has 0 bridgehead atoms. The van der Waals surface area contributed by atoms with Gasteiger partial charge in [-0.05, 0) is 40.8 Å². The number of rotatable bonds is 5. The number of fused-ring (bicyclic) bond motifs is 2. The van der Waals surface area contributed by atoms with Gasteiger partial charge in [0.2, 0.25) is 6.41 Å². The van der Waals surface area contributed by atoms with E-state index in [1.165, 1.54) is 15.9 Å². The van der Waals surface area contributed by atoms with Crippen molar-refractivity contribution in [2.45, 2.75) is 12.5 Å². The van der Waals surface area contributed by atoms with Crippen molar-refractivity contribution in [2.75, 3.05) is 0 Å². The van der Waals surface area contributed by atoms with Crippen molar-refractivity contribution in [3.8, 4) is 16.5 Å². The summed E-state index contributed by atoms with van der Waals surface area (Å²) in [6, 6.07) is 11.9. The molecular formula is C20H14FN3O3S. The second kappa shape index (κ2) is 6.94. The summed E-state index contributed by atoms with van der Waals surface area (Å²) in [5.41, 5.74) is 2.38. The molecule has 2 aromatic carbocycles. The van der Waals surface area contributed by atoms with E-state index >= 15 is 0 Å². The SMILES string of the molecule is Cn1c(=O)oc2ccc(-c3cc4ccc(CC(C#N)NC=O)c(F)c4s3)cc21. The summed E-state index contributed by atoms with van der Waals surface area (Å²) in [6.45, 7) is 0. The van der Waals surface area contributed by atoms with Crippen LogP contribution in [-0.2, 0) is 18.3 Å². The van der Waals surface area contributed by atoms with Crippen molar-refractivity contribution < 1.29 is 13.6 Å². The number of halogens is 1. The fourth-order valence-corrected chi connectivity index (χ4v) is 4.25. The molecule has 1 atom stereocenters. The number of hydrogen-bond donors (Lipinski definition) is 1. The quantitative estimate of drug-likeness (QED) is 0.525. The van der Waals surface area contributed by atoms with Crippen LogP contribution in [-0.4, -0.2) is 17.0 Å². The van der Waals surface area contributed by atoms with Gasteiger partial charge in [-0.1, -0.05) is 12.1 Å². The van der Waals surface area contributed by atoms with Crippen LogP contribution < -0.4 is 11.1 Å². The first-order chi connectivity index (χ1) is 13.5. The zero-order valence-corrected chi connectivity index (χ0v) is 15.5. The van der Waals surface area contributed by atoms with E-state index in [1.54, 1.807) is 25.2 Å². The number of oxazole rings is 1. The van der Waals surface area contributed by atoms with Gasteiger partial charge in [-0.25, -0.2) is 9.18 Å². The molecule has 0 spiro atoms. The number of thiophene rings is 1. The van der Waals surface area contributed by atoms with Crippen molar-refractivity contribution in [1.82, 2.24) is 9.88 Å². The average molecular weight is 395 g/mol. The predicted octanol–water partition coefficient (Wildman–Crippen LogP) is 3.33. The molecule has 0 aliphatic rings. The van der Waals surface area contributed by atoms with Crippen LogP contribution in [0.5, 0.6) is 0 Å². The number of nitrogens with zero attached hydrogens (tertiary/aromatic N) is 2. The van der Waals surface area contributed by atoms with Gasteiger partial charge in [-0.2, -0.15) is 5.26 Å². The van der Waals surface area contributed by atoms with Crippen LogP contribution in [0, 0.1) is 17.1 Å². The summed E-state index contributed by atoms with van der Waals surface area (Å²) in [7, 11) is 1.63. The lowest BCUT2D eigenvalue weighted by atomic mass is 10.0. The van der Waals surface area contributed by atoms with Gasteiger partial charge in [-0.3, -0.25) is 9.36 Å². The van der Waals surface area contributed by atoms with E-state index in [0.717, 1.165) is 15.8 Å². The Morgan fingerprint density at radius 3 is 2.93 bits per heavy atom. The van der Waals surface area contributed by atoms with Gasteiger partial charge in [0.05, 0.1) is 16.3 Å². The molecule has 1 N–H and O–H groups in total. The first-order valence-corrected chi connectivity index (χ1v) is 9.23. The summed E-state index contributed by atoms with van der Waals surface area (Å²) < 4.78 is 22.0. The second-order valence-corrected chi connectivity index (χ2v) is 7.40. The topological polar surface area (TPSA) is 88.0 Å². The summed E-state index contributed by atoms with van der Waals surface area (Å²) in [6.07, 6.45) is 0.528. The Hall–Kier alpha value is -3.44. The number of benzene rings is 2. The van der Waals surface area contributed by atoms with Crippen LogP contribution in [0.25, 0.3) is 31.6 Å². The number of nitriles is 1. The standard InChI is InChI=1S/C20H14FN3O3S/c1-24-15-7-11(4-5-16(15)27-20(24)26)17-8-13-3-2-12(18(21)19(13)28-17)6-14(9-22)23-10-25/h2-5,7-8,10,14H,6H2,1H3,(H,23,25). The minimum Gasteiger partial charge on any atom is -0.408 e. The molecule has 2 aromatic heterocycles. The van der Waals surface area contributed by atoms with Gasteiger partial charge >= 0.3 is 5.76 Å². The highest BCUT2D eigenvalue weighted by atomic mass is 32.1. The van der Waals surface area contributed by atoms with Gasteiger partial charge in [0.25, 0.3) is 0 Å². The second-order valence-electron chi connectivity index (χ2n) is 6.35. The van der Waals surface area contributed by atoms with E-state index in [-0.39, 0.29) is 6.42 Å². The molecular weight excluding hydrogens is 381 g/mol. The predicted molar refractivity (Wildman–Crippen MR) is 105 cm³/mol.